The fourth-order valence-electron chi connectivity index (χ4n) is 0.742. The molecule has 0 fully saturated rings. The van der Waals surface area contributed by atoms with Crippen LogP contribution in [0.3, 0.4) is 0 Å². The third kappa shape index (κ3) is 9.41. The fourth-order valence-corrected chi connectivity index (χ4v) is 0.742. The van der Waals surface area contributed by atoms with Gasteiger partial charge in [0.15, 0.2) is 5.78 Å². The van der Waals surface area contributed by atoms with Gasteiger partial charge in [0.1, 0.15) is 0 Å². The molecule has 1 heteroatoms. The van der Waals surface area contributed by atoms with Gasteiger partial charge < -0.3 is 0 Å². The Balaban J connectivity index is 0. The van der Waals surface area contributed by atoms with E-state index < -0.39 is 0 Å². The molecule has 0 aromatic carbocycles. The number of hydrogen-bond acceptors (Lipinski definition) is 1. The average Bonchev–Trinajstić information content (AvgIpc) is 2.03. The molecule has 11 heavy (non-hydrogen) atoms. The molecule has 66 valence electrons. The molecule has 0 aliphatic heterocycles. The van der Waals surface area contributed by atoms with E-state index in [-0.39, 0.29) is 5.78 Å². The van der Waals surface area contributed by atoms with Gasteiger partial charge in [-0.3, -0.25) is 4.79 Å². The van der Waals surface area contributed by atoms with Crippen LogP contribution >= 0.6 is 0 Å². The molecule has 0 bridgehead atoms. The van der Waals surface area contributed by atoms with Gasteiger partial charge in [-0.1, -0.05) is 33.3 Å². The summed E-state index contributed by atoms with van der Waals surface area (Å²) in [4.78, 5) is 10.5. The maximum absolute atomic E-state index is 10.5. The average molecular weight is 156 g/mol. The summed E-state index contributed by atoms with van der Waals surface area (Å²) in [6, 6.07) is 0. The molecule has 0 heterocycles. The van der Waals surface area contributed by atoms with Gasteiger partial charge in [0.05, 0.1) is 0 Å². The highest BCUT2D eigenvalue weighted by Crippen LogP contribution is 2.04. The summed E-state index contributed by atoms with van der Waals surface area (Å²) in [6.07, 6.45) is 3.71. The van der Waals surface area contributed by atoms with Gasteiger partial charge in [-0.25, -0.2) is 0 Å². The predicted molar refractivity (Wildman–Crippen MR) is 50.7 cm³/mol. The minimum absolute atomic E-state index is 0.161. The van der Waals surface area contributed by atoms with Crippen LogP contribution < -0.4 is 0 Å². The number of ketones is 1. The monoisotopic (exact) mass is 156 g/mol. The van der Waals surface area contributed by atoms with Gasteiger partial charge >= 0.3 is 0 Å². The van der Waals surface area contributed by atoms with Crippen LogP contribution in [-0.2, 0) is 4.79 Å². The lowest BCUT2D eigenvalue weighted by Gasteiger charge is -1.95. The lowest BCUT2D eigenvalue weighted by molar-refractivity contribution is -0.112. The summed E-state index contributed by atoms with van der Waals surface area (Å²) < 4.78 is 0. The smallest absolute Gasteiger partial charge is 0.152 e. The molecule has 0 saturated heterocycles. The molecule has 0 rings (SSSR count). The van der Waals surface area contributed by atoms with Crippen molar-refractivity contribution in [1.29, 1.82) is 0 Å². The van der Waals surface area contributed by atoms with Gasteiger partial charge in [-0.15, -0.1) is 0 Å². The van der Waals surface area contributed by atoms with E-state index in [2.05, 4.69) is 13.8 Å². The Labute approximate surface area is 70.5 Å². The van der Waals surface area contributed by atoms with Crippen molar-refractivity contribution >= 4 is 5.78 Å². The van der Waals surface area contributed by atoms with Gasteiger partial charge in [0, 0.05) is 0 Å². The second-order valence-corrected chi connectivity index (χ2v) is 2.12. The predicted octanol–water partition coefficient (Wildman–Crippen LogP) is 3.35. The normalized spacial score (nSPS) is 7.73. The van der Waals surface area contributed by atoms with Crippen molar-refractivity contribution < 1.29 is 4.79 Å². The van der Waals surface area contributed by atoms with Crippen molar-refractivity contribution in [3.63, 3.8) is 0 Å². The zero-order valence-corrected chi connectivity index (χ0v) is 8.40. The molecule has 0 unspecified atom stereocenters. The second-order valence-electron chi connectivity index (χ2n) is 2.12. The van der Waals surface area contributed by atoms with Crippen molar-refractivity contribution in [2.45, 2.75) is 47.5 Å². The SMILES string of the molecule is CC.CCC(=CC(C)=O)CC. The summed E-state index contributed by atoms with van der Waals surface area (Å²) in [5.41, 5.74) is 1.24. The first-order valence-corrected chi connectivity index (χ1v) is 4.40. The van der Waals surface area contributed by atoms with E-state index >= 15 is 0 Å². The largest absolute Gasteiger partial charge is 0.295 e. The minimum Gasteiger partial charge on any atom is -0.295 e. The summed E-state index contributed by atoms with van der Waals surface area (Å²) in [6.45, 7) is 9.72. The van der Waals surface area contributed by atoms with Crippen LogP contribution in [0, 0.1) is 0 Å². The molecule has 0 saturated carbocycles. The van der Waals surface area contributed by atoms with E-state index in [9.17, 15) is 4.79 Å². The zero-order valence-electron chi connectivity index (χ0n) is 8.40. The van der Waals surface area contributed by atoms with E-state index in [1.54, 1.807) is 13.0 Å². The Morgan fingerprint density at radius 3 is 1.64 bits per heavy atom. The second kappa shape index (κ2) is 9.41. The fraction of sp³-hybridized carbons (Fsp3) is 0.700. The van der Waals surface area contributed by atoms with Gasteiger partial charge in [0.2, 0.25) is 0 Å². The number of carbonyl (C=O) groups excluding carboxylic acids is 1. The minimum atomic E-state index is 0.161. The Kier molecular flexibility index (Phi) is 11.1. The summed E-state index contributed by atoms with van der Waals surface area (Å²) in [5.74, 6) is 0.161. The first kappa shape index (κ1) is 13.0. The summed E-state index contributed by atoms with van der Waals surface area (Å²) in [5, 5.41) is 0. The van der Waals surface area contributed by atoms with Crippen LogP contribution in [0.25, 0.3) is 0 Å². The maximum Gasteiger partial charge on any atom is 0.152 e. The van der Waals surface area contributed by atoms with Crippen molar-refractivity contribution in [1.82, 2.24) is 0 Å². The molecule has 0 atom stereocenters. The first-order valence-electron chi connectivity index (χ1n) is 4.40. The molecule has 0 amide bonds. The molecule has 0 radical (unpaired) electrons. The highest BCUT2D eigenvalue weighted by atomic mass is 16.1. The lowest BCUT2D eigenvalue weighted by atomic mass is 10.1. The van der Waals surface area contributed by atoms with Crippen molar-refractivity contribution in [2.24, 2.45) is 0 Å². The van der Waals surface area contributed by atoms with Crippen LogP contribution in [0.2, 0.25) is 0 Å². The third-order valence-electron chi connectivity index (χ3n) is 1.32. The third-order valence-corrected chi connectivity index (χ3v) is 1.32. The summed E-state index contributed by atoms with van der Waals surface area (Å²) >= 11 is 0. The number of hydrogen-bond donors (Lipinski definition) is 0. The molecular formula is C10H20O. The van der Waals surface area contributed by atoms with Crippen LogP contribution in [0.5, 0.6) is 0 Å². The maximum atomic E-state index is 10.5. The number of allylic oxidation sites excluding steroid dienone is 2. The highest BCUT2D eigenvalue weighted by Gasteiger charge is 1.90. The van der Waals surface area contributed by atoms with E-state index in [1.165, 1.54) is 5.57 Å². The van der Waals surface area contributed by atoms with Gasteiger partial charge in [-0.2, -0.15) is 0 Å². The lowest BCUT2D eigenvalue weighted by Crippen LogP contribution is -1.86. The van der Waals surface area contributed by atoms with E-state index in [1.807, 2.05) is 13.8 Å². The van der Waals surface area contributed by atoms with Crippen LogP contribution in [0.15, 0.2) is 11.6 Å². The number of carbonyl (C=O) groups is 1. The highest BCUT2D eigenvalue weighted by molar-refractivity contribution is 5.87. The Morgan fingerprint density at radius 2 is 1.55 bits per heavy atom. The zero-order chi connectivity index (χ0) is 9.28. The van der Waals surface area contributed by atoms with Crippen LogP contribution in [0.1, 0.15) is 47.5 Å². The Bertz CT molecular complexity index is 117. The van der Waals surface area contributed by atoms with Crippen molar-refractivity contribution in [3.05, 3.63) is 11.6 Å². The number of rotatable bonds is 3. The van der Waals surface area contributed by atoms with Crippen LogP contribution in [-0.4, -0.2) is 5.78 Å². The molecular weight excluding hydrogens is 136 g/mol. The van der Waals surface area contributed by atoms with Crippen molar-refractivity contribution in [3.8, 4) is 0 Å². The summed E-state index contributed by atoms with van der Waals surface area (Å²) in [7, 11) is 0. The van der Waals surface area contributed by atoms with E-state index in [0.29, 0.717) is 0 Å². The van der Waals surface area contributed by atoms with Gasteiger partial charge in [0.25, 0.3) is 0 Å². The molecule has 0 aromatic heterocycles. The van der Waals surface area contributed by atoms with Gasteiger partial charge in [-0.05, 0) is 25.8 Å². The molecule has 0 aromatic rings. The standard InChI is InChI=1S/C8H14O.C2H6/c1-4-8(5-2)6-7(3)9;1-2/h6H,4-5H2,1-3H3;1-2H3. The molecule has 0 aliphatic rings. The molecule has 1 nitrogen and oxygen atoms in total. The van der Waals surface area contributed by atoms with E-state index in [0.717, 1.165) is 12.8 Å². The molecule has 0 aliphatic carbocycles. The molecule has 0 N–H and O–H groups in total. The van der Waals surface area contributed by atoms with Crippen LogP contribution in [0.4, 0.5) is 0 Å². The first-order chi connectivity index (χ1) is 5.20. The van der Waals surface area contributed by atoms with Crippen molar-refractivity contribution in [2.75, 3.05) is 0 Å². The quantitative estimate of drug-likeness (QED) is 0.573. The topological polar surface area (TPSA) is 17.1 Å². The Morgan fingerprint density at radius 1 is 1.18 bits per heavy atom. The Hall–Kier alpha value is -0.590. The molecule has 0 spiro atoms. The van der Waals surface area contributed by atoms with E-state index in [4.69, 9.17) is 0 Å².